The molecule has 0 saturated carbocycles. The van der Waals surface area contributed by atoms with Crippen LogP contribution in [0.4, 0.5) is 0 Å². The van der Waals surface area contributed by atoms with E-state index in [-0.39, 0.29) is 12.1 Å². The predicted molar refractivity (Wildman–Crippen MR) is 68.1 cm³/mol. The average Bonchev–Trinajstić information content (AvgIpc) is 2.57. The summed E-state index contributed by atoms with van der Waals surface area (Å²) in [7, 11) is 0. The zero-order chi connectivity index (χ0) is 12.5. The molecule has 2 aliphatic heterocycles. The number of aliphatic hydroxyl groups is 1. The van der Waals surface area contributed by atoms with Crippen molar-refractivity contribution in [1.82, 2.24) is 10.2 Å². The van der Waals surface area contributed by atoms with Crippen LogP contribution in [0.5, 0.6) is 0 Å². The van der Waals surface area contributed by atoms with Gasteiger partial charge in [-0.25, -0.2) is 0 Å². The summed E-state index contributed by atoms with van der Waals surface area (Å²) in [5, 5.41) is 13.1. The molecule has 0 radical (unpaired) electrons. The highest BCUT2D eigenvalue weighted by Gasteiger charge is 2.36. The Labute approximate surface area is 104 Å². The highest BCUT2D eigenvalue weighted by atomic mass is 16.5. The van der Waals surface area contributed by atoms with Gasteiger partial charge in [0.15, 0.2) is 0 Å². The minimum Gasteiger partial charge on any atom is -0.394 e. The smallest absolute Gasteiger partial charge is 0.0707 e. The first-order chi connectivity index (χ1) is 8.00. The maximum absolute atomic E-state index is 9.59. The molecular formula is C13H26N2O2. The van der Waals surface area contributed by atoms with Gasteiger partial charge in [0.2, 0.25) is 0 Å². The van der Waals surface area contributed by atoms with Gasteiger partial charge in [0.25, 0.3) is 0 Å². The van der Waals surface area contributed by atoms with E-state index >= 15 is 0 Å². The maximum atomic E-state index is 9.59. The summed E-state index contributed by atoms with van der Waals surface area (Å²) in [6.45, 7) is 9.46. The van der Waals surface area contributed by atoms with E-state index in [9.17, 15) is 5.11 Å². The lowest BCUT2D eigenvalue weighted by Crippen LogP contribution is -2.58. The quantitative estimate of drug-likeness (QED) is 0.741. The van der Waals surface area contributed by atoms with Crippen LogP contribution in [0.1, 0.15) is 33.6 Å². The van der Waals surface area contributed by atoms with E-state index in [1.165, 1.54) is 12.8 Å². The third-order valence-electron chi connectivity index (χ3n) is 3.68. The molecule has 0 spiro atoms. The molecule has 0 aromatic carbocycles. The van der Waals surface area contributed by atoms with Crippen molar-refractivity contribution in [2.45, 2.75) is 57.4 Å². The van der Waals surface area contributed by atoms with Crippen molar-refractivity contribution in [3.8, 4) is 0 Å². The number of hydrogen-bond donors (Lipinski definition) is 2. The fourth-order valence-corrected chi connectivity index (χ4v) is 3.16. The van der Waals surface area contributed by atoms with Crippen LogP contribution < -0.4 is 5.32 Å². The summed E-state index contributed by atoms with van der Waals surface area (Å²) >= 11 is 0. The third-order valence-corrected chi connectivity index (χ3v) is 3.68. The molecule has 17 heavy (non-hydrogen) atoms. The van der Waals surface area contributed by atoms with Gasteiger partial charge in [-0.1, -0.05) is 13.8 Å². The molecule has 0 aliphatic carbocycles. The van der Waals surface area contributed by atoms with Gasteiger partial charge >= 0.3 is 0 Å². The molecule has 4 nitrogen and oxygen atoms in total. The fourth-order valence-electron chi connectivity index (χ4n) is 3.16. The normalized spacial score (nSPS) is 33.0. The van der Waals surface area contributed by atoms with Gasteiger partial charge < -0.3 is 15.2 Å². The van der Waals surface area contributed by atoms with E-state index in [1.54, 1.807) is 0 Å². The van der Waals surface area contributed by atoms with E-state index in [4.69, 9.17) is 4.74 Å². The second-order valence-electron chi connectivity index (χ2n) is 6.17. The van der Waals surface area contributed by atoms with Crippen molar-refractivity contribution < 1.29 is 9.84 Å². The lowest BCUT2D eigenvalue weighted by Gasteiger charge is -2.40. The van der Waals surface area contributed by atoms with Gasteiger partial charge in [-0.15, -0.1) is 0 Å². The molecule has 2 N–H and O–H groups in total. The molecule has 2 bridgehead atoms. The summed E-state index contributed by atoms with van der Waals surface area (Å²) in [5.74, 6) is 0. The first kappa shape index (κ1) is 13.3. The lowest BCUT2D eigenvalue weighted by atomic mass is 10.0. The summed E-state index contributed by atoms with van der Waals surface area (Å²) < 4.78 is 5.83. The average molecular weight is 242 g/mol. The molecule has 0 aromatic heterocycles. The molecule has 0 aromatic rings. The van der Waals surface area contributed by atoms with Crippen molar-refractivity contribution in [3.05, 3.63) is 0 Å². The van der Waals surface area contributed by atoms with Crippen molar-refractivity contribution in [1.29, 1.82) is 0 Å². The summed E-state index contributed by atoms with van der Waals surface area (Å²) in [4.78, 5) is 2.44. The first-order valence-corrected chi connectivity index (χ1v) is 6.77. The number of morpholine rings is 1. The van der Waals surface area contributed by atoms with Gasteiger partial charge in [0, 0.05) is 25.7 Å². The maximum Gasteiger partial charge on any atom is 0.0707 e. The molecule has 2 rings (SSSR count). The molecule has 0 amide bonds. The topological polar surface area (TPSA) is 44.7 Å². The number of nitrogens with zero attached hydrogens (tertiary/aromatic N) is 1. The Morgan fingerprint density at radius 2 is 1.94 bits per heavy atom. The third kappa shape index (κ3) is 3.41. The van der Waals surface area contributed by atoms with Crippen LogP contribution in [0.25, 0.3) is 0 Å². The van der Waals surface area contributed by atoms with Crippen LogP contribution in [-0.4, -0.2) is 60.0 Å². The van der Waals surface area contributed by atoms with E-state index in [2.05, 4.69) is 31.0 Å². The number of fused-ring (bicyclic) bond motifs is 2. The molecule has 3 unspecified atom stereocenters. The molecule has 4 heteroatoms. The van der Waals surface area contributed by atoms with Crippen LogP contribution >= 0.6 is 0 Å². The van der Waals surface area contributed by atoms with Crippen LogP contribution in [0, 0.1) is 0 Å². The number of likely N-dealkylation sites (tertiary alicyclic amines) is 1. The summed E-state index contributed by atoms with van der Waals surface area (Å²) in [6, 6.07) is 0.393. The van der Waals surface area contributed by atoms with Crippen LogP contribution in [0.2, 0.25) is 0 Å². The largest absolute Gasteiger partial charge is 0.394 e. The molecule has 2 heterocycles. The van der Waals surface area contributed by atoms with Gasteiger partial charge in [-0.2, -0.15) is 0 Å². The Balaban J connectivity index is 1.90. The van der Waals surface area contributed by atoms with Crippen molar-refractivity contribution in [2.24, 2.45) is 0 Å². The van der Waals surface area contributed by atoms with Crippen molar-refractivity contribution >= 4 is 0 Å². The zero-order valence-electron chi connectivity index (χ0n) is 11.3. The first-order valence-electron chi connectivity index (χ1n) is 6.77. The van der Waals surface area contributed by atoms with E-state index in [1.807, 2.05) is 0 Å². The highest BCUT2D eigenvalue weighted by molar-refractivity contribution is 4.92. The minimum atomic E-state index is -0.203. The minimum absolute atomic E-state index is 0.178. The van der Waals surface area contributed by atoms with Gasteiger partial charge in [0.05, 0.1) is 24.4 Å². The van der Waals surface area contributed by atoms with Crippen molar-refractivity contribution in [3.63, 3.8) is 0 Å². The van der Waals surface area contributed by atoms with Crippen LogP contribution in [0.15, 0.2) is 0 Å². The van der Waals surface area contributed by atoms with E-state index < -0.39 is 0 Å². The van der Waals surface area contributed by atoms with E-state index in [0.717, 1.165) is 19.6 Å². The number of hydrogen-bond acceptors (Lipinski definition) is 4. The fraction of sp³-hybridized carbons (Fsp3) is 1.00. The second kappa shape index (κ2) is 5.22. The summed E-state index contributed by atoms with van der Waals surface area (Å²) in [5.41, 5.74) is -0.203. The standard InChI is InChI=1S/C13H26N2O2/c1-10(2)14-13(3,9-16)8-15-6-11-4-5-12(7-15)17-11/h10-12,14,16H,4-9H2,1-3H3. The molecular weight excluding hydrogens is 216 g/mol. The molecule has 100 valence electrons. The highest BCUT2D eigenvalue weighted by Crippen LogP contribution is 2.27. The Hall–Kier alpha value is -0.160. The number of aliphatic hydroxyl groups excluding tert-OH is 1. The Bertz CT molecular complexity index is 248. The monoisotopic (exact) mass is 242 g/mol. The Morgan fingerprint density at radius 1 is 1.35 bits per heavy atom. The van der Waals surface area contributed by atoms with Gasteiger partial charge in [-0.05, 0) is 19.8 Å². The molecule has 2 fully saturated rings. The second-order valence-corrected chi connectivity index (χ2v) is 6.17. The Morgan fingerprint density at radius 3 is 2.41 bits per heavy atom. The number of ether oxygens (including phenoxy) is 1. The zero-order valence-corrected chi connectivity index (χ0v) is 11.3. The van der Waals surface area contributed by atoms with Crippen LogP contribution in [-0.2, 0) is 4.74 Å². The molecule has 2 aliphatic rings. The number of nitrogens with one attached hydrogen (secondary N) is 1. The number of rotatable bonds is 5. The predicted octanol–water partition coefficient (Wildman–Crippen LogP) is 0.599. The SMILES string of the molecule is CC(C)NC(C)(CO)CN1CC2CCC(C1)O2. The lowest BCUT2D eigenvalue weighted by molar-refractivity contribution is -0.0488. The Kier molecular flexibility index (Phi) is 4.08. The van der Waals surface area contributed by atoms with Crippen LogP contribution in [0.3, 0.4) is 0 Å². The molecule has 2 saturated heterocycles. The summed E-state index contributed by atoms with van der Waals surface area (Å²) in [6.07, 6.45) is 3.26. The van der Waals surface area contributed by atoms with E-state index in [0.29, 0.717) is 18.2 Å². The van der Waals surface area contributed by atoms with Gasteiger partial charge in [0.1, 0.15) is 0 Å². The molecule has 3 atom stereocenters. The van der Waals surface area contributed by atoms with Gasteiger partial charge in [-0.3, -0.25) is 4.90 Å². The van der Waals surface area contributed by atoms with Crippen molar-refractivity contribution in [2.75, 3.05) is 26.2 Å².